The molecule has 0 rings (SSSR count). The molecule has 12 heavy (non-hydrogen) atoms. The van der Waals surface area contributed by atoms with Crippen LogP contribution in [0.3, 0.4) is 0 Å². The average molecular weight is 174 g/mol. The van der Waals surface area contributed by atoms with E-state index in [1.807, 2.05) is 6.92 Å². The quantitative estimate of drug-likeness (QED) is 0.508. The first-order valence-corrected chi connectivity index (χ1v) is 4.31. The average Bonchev–Trinajstić information content (AvgIpc) is 2.10. The molecule has 0 spiro atoms. The third-order valence-corrected chi connectivity index (χ3v) is 1.66. The zero-order chi connectivity index (χ0) is 9.40. The van der Waals surface area contributed by atoms with E-state index in [0.717, 1.165) is 6.42 Å². The van der Waals surface area contributed by atoms with Gasteiger partial charge in [0.1, 0.15) is 0 Å². The summed E-state index contributed by atoms with van der Waals surface area (Å²) in [6.45, 7) is 4.74. The second kappa shape index (κ2) is 7.06. The fourth-order valence-electron chi connectivity index (χ4n) is 0.669. The summed E-state index contributed by atoms with van der Waals surface area (Å²) in [7, 11) is 0. The Morgan fingerprint density at radius 1 is 1.58 bits per heavy atom. The highest BCUT2D eigenvalue weighted by atomic mass is 16.3. The van der Waals surface area contributed by atoms with E-state index in [2.05, 4.69) is 17.6 Å². The summed E-state index contributed by atoms with van der Waals surface area (Å²) >= 11 is 0. The van der Waals surface area contributed by atoms with Crippen molar-refractivity contribution in [3.05, 3.63) is 0 Å². The molecule has 0 aromatic carbocycles. The van der Waals surface area contributed by atoms with Gasteiger partial charge in [0.25, 0.3) is 0 Å². The second-order valence-corrected chi connectivity index (χ2v) is 2.76. The highest BCUT2D eigenvalue weighted by Gasteiger charge is 2.01. The van der Waals surface area contributed by atoms with E-state index in [-0.39, 0.29) is 12.5 Å². The maximum absolute atomic E-state index is 10.9. The van der Waals surface area contributed by atoms with Crippen molar-refractivity contribution in [2.45, 2.75) is 26.3 Å². The van der Waals surface area contributed by atoms with Crippen LogP contribution in [0, 0.1) is 0 Å². The minimum absolute atomic E-state index is 0.00489. The summed E-state index contributed by atoms with van der Waals surface area (Å²) in [4.78, 5) is 10.9. The van der Waals surface area contributed by atoms with Crippen molar-refractivity contribution in [2.24, 2.45) is 0 Å². The summed E-state index contributed by atoms with van der Waals surface area (Å²) in [5.41, 5.74) is 0. The third kappa shape index (κ3) is 6.12. The van der Waals surface area contributed by atoms with Gasteiger partial charge in [0, 0.05) is 12.6 Å². The van der Waals surface area contributed by atoms with Crippen molar-refractivity contribution in [2.75, 3.05) is 19.7 Å². The molecule has 0 aromatic heterocycles. The molecule has 3 N–H and O–H groups in total. The van der Waals surface area contributed by atoms with Crippen LogP contribution in [0.1, 0.15) is 20.3 Å². The number of rotatable bonds is 6. The van der Waals surface area contributed by atoms with Crippen LogP contribution >= 0.6 is 0 Å². The Hall–Kier alpha value is -0.610. The van der Waals surface area contributed by atoms with Gasteiger partial charge < -0.3 is 15.7 Å². The molecule has 0 saturated heterocycles. The van der Waals surface area contributed by atoms with E-state index >= 15 is 0 Å². The Bertz CT molecular complexity index is 128. The Labute approximate surface area is 73.3 Å². The number of aliphatic hydroxyl groups excluding tert-OH is 1. The normalized spacial score (nSPS) is 12.6. The van der Waals surface area contributed by atoms with Crippen LogP contribution in [0.4, 0.5) is 0 Å². The Morgan fingerprint density at radius 2 is 2.25 bits per heavy atom. The molecule has 0 aliphatic carbocycles. The van der Waals surface area contributed by atoms with E-state index in [0.29, 0.717) is 19.1 Å². The highest BCUT2D eigenvalue weighted by Crippen LogP contribution is 1.85. The maximum Gasteiger partial charge on any atom is 0.234 e. The summed E-state index contributed by atoms with van der Waals surface area (Å²) < 4.78 is 0. The molecular weight excluding hydrogens is 156 g/mol. The zero-order valence-electron chi connectivity index (χ0n) is 7.76. The van der Waals surface area contributed by atoms with E-state index in [4.69, 9.17) is 5.11 Å². The topological polar surface area (TPSA) is 61.4 Å². The summed E-state index contributed by atoms with van der Waals surface area (Å²) in [6, 6.07) is 0.366. The molecule has 1 amide bonds. The van der Waals surface area contributed by atoms with Gasteiger partial charge in [-0.3, -0.25) is 4.79 Å². The molecule has 72 valence electrons. The molecule has 1 atom stereocenters. The Balaban J connectivity index is 3.31. The van der Waals surface area contributed by atoms with Gasteiger partial charge in [0.05, 0.1) is 13.2 Å². The van der Waals surface area contributed by atoms with Gasteiger partial charge in [-0.1, -0.05) is 6.92 Å². The first-order valence-electron chi connectivity index (χ1n) is 4.31. The van der Waals surface area contributed by atoms with Crippen LogP contribution in [0.2, 0.25) is 0 Å². The predicted molar refractivity (Wildman–Crippen MR) is 47.9 cm³/mol. The van der Waals surface area contributed by atoms with Crippen molar-refractivity contribution in [3.8, 4) is 0 Å². The van der Waals surface area contributed by atoms with Crippen LogP contribution in [-0.2, 0) is 4.79 Å². The van der Waals surface area contributed by atoms with E-state index in [9.17, 15) is 4.79 Å². The highest BCUT2D eigenvalue weighted by molar-refractivity contribution is 5.77. The number of amides is 1. The Kier molecular flexibility index (Phi) is 6.70. The number of carbonyl (C=O) groups is 1. The van der Waals surface area contributed by atoms with Gasteiger partial charge in [0.2, 0.25) is 5.91 Å². The minimum atomic E-state index is -0.0654. The SMILES string of the molecule is CCC(C)NCC(=O)NCCO. The minimum Gasteiger partial charge on any atom is -0.395 e. The second-order valence-electron chi connectivity index (χ2n) is 2.76. The predicted octanol–water partition coefficient (Wildman–Crippen LogP) is -0.517. The molecular formula is C8H18N2O2. The van der Waals surface area contributed by atoms with Crippen LogP contribution < -0.4 is 10.6 Å². The van der Waals surface area contributed by atoms with Gasteiger partial charge in [-0.05, 0) is 13.3 Å². The van der Waals surface area contributed by atoms with Crippen LogP contribution in [0.5, 0.6) is 0 Å². The van der Waals surface area contributed by atoms with Crippen LogP contribution in [0.15, 0.2) is 0 Å². The lowest BCUT2D eigenvalue weighted by atomic mass is 10.2. The van der Waals surface area contributed by atoms with Gasteiger partial charge in [-0.15, -0.1) is 0 Å². The van der Waals surface area contributed by atoms with Crippen molar-refractivity contribution >= 4 is 5.91 Å². The molecule has 1 unspecified atom stereocenters. The first-order chi connectivity index (χ1) is 5.70. The van der Waals surface area contributed by atoms with E-state index in [1.54, 1.807) is 0 Å². The molecule has 0 aliphatic heterocycles. The molecule has 4 heteroatoms. The van der Waals surface area contributed by atoms with Gasteiger partial charge >= 0.3 is 0 Å². The lowest BCUT2D eigenvalue weighted by Gasteiger charge is -2.10. The molecule has 0 fully saturated rings. The lowest BCUT2D eigenvalue weighted by molar-refractivity contribution is -0.120. The van der Waals surface area contributed by atoms with Gasteiger partial charge in [0.15, 0.2) is 0 Å². The largest absolute Gasteiger partial charge is 0.395 e. The van der Waals surface area contributed by atoms with Gasteiger partial charge in [-0.2, -0.15) is 0 Å². The van der Waals surface area contributed by atoms with Crippen LogP contribution in [-0.4, -0.2) is 36.8 Å². The number of hydrogen-bond donors (Lipinski definition) is 3. The maximum atomic E-state index is 10.9. The van der Waals surface area contributed by atoms with Crippen molar-refractivity contribution < 1.29 is 9.90 Å². The number of hydrogen-bond acceptors (Lipinski definition) is 3. The molecule has 0 radical (unpaired) electrons. The van der Waals surface area contributed by atoms with Gasteiger partial charge in [-0.25, -0.2) is 0 Å². The summed E-state index contributed by atoms with van der Waals surface area (Å²) in [6.07, 6.45) is 1.01. The zero-order valence-corrected chi connectivity index (χ0v) is 7.76. The Morgan fingerprint density at radius 3 is 2.75 bits per heavy atom. The molecule has 0 aromatic rings. The van der Waals surface area contributed by atoms with E-state index < -0.39 is 0 Å². The molecule has 0 bridgehead atoms. The standard InChI is InChI=1S/C8H18N2O2/c1-3-7(2)10-6-8(12)9-4-5-11/h7,10-11H,3-6H2,1-2H3,(H,9,12). The fourth-order valence-corrected chi connectivity index (χ4v) is 0.669. The lowest BCUT2D eigenvalue weighted by Crippen LogP contribution is -2.38. The summed E-state index contributed by atoms with van der Waals surface area (Å²) in [5, 5.41) is 14.0. The number of nitrogens with one attached hydrogen (secondary N) is 2. The molecule has 0 aliphatic rings. The monoisotopic (exact) mass is 174 g/mol. The van der Waals surface area contributed by atoms with Crippen LogP contribution in [0.25, 0.3) is 0 Å². The van der Waals surface area contributed by atoms with Crippen molar-refractivity contribution in [1.82, 2.24) is 10.6 Å². The third-order valence-electron chi connectivity index (χ3n) is 1.66. The fraction of sp³-hybridized carbons (Fsp3) is 0.875. The summed E-state index contributed by atoms with van der Waals surface area (Å²) in [5.74, 6) is -0.0654. The van der Waals surface area contributed by atoms with E-state index in [1.165, 1.54) is 0 Å². The molecule has 0 saturated carbocycles. The number of aliphatic hydroxyl groups is 1. The molecule has 4 nitrogen and oxygen atoms in total. The van der Waals surface area contributed by atoms with Crippen molar-refractivity contribution in [3.63, 3.8) is 0 Å². The number of carbonyl (C=O) groups excluding carboxylic acids is 1. The van der Waals surface area contributed by atoms with Crippen molar-refractivity contribution in [1.29, 1.82) is 0 Å². The first kappa shape index (κ1) is 11.4. The molecule has 0 heterocycles. The smallest absolute Gasteiger partial charge is 0.234 e.